The fraction of sp³-hybridized carbons (Fsp3) is 0.945. The van der Waals surface area contributed by atoms with Crippen LogP contribution in [0.2, 0.25) is 0 Å². The van der Waals surface area contributed by atoms with E-state index in [0.29, 0.717) is 25.7 Å². The zero-order chi connectivity index (χ0) is 67.9. The summed E-state index contributed by atoms with van der Waals surface area (Å²) in [4.78, 5) is 72.6. The van der Waals surface area contributed by atoms with Gasteiger partial charge < -0.3 is 33.8 Å². The van der Waals surface area contributed by atoms with Gasteiger partial charge in [0.25, 0.3) is 0 Å². The van der Waals surface area contributed by atoms with Crippen molar-refractivity contribution in [3.05, 3.63) is 0 Å². The molecule has 0 aliphatic rings. The van der Waals surface area contributed by atoms with Crippen LogP contribution in [0.3, 0.4) is 0 Å². The van der Waals surface area contributed by atoms with Gasteiger partial charge in [0.15, 0.2) is 12.2 Å². The van der Waals surface area contributed by atoms with E-state index in [1.165, 1.54) is 193 Å². The van der Waals surface area contributed by atoms with E-state index < -0.39 is 97.5 Å². The van der Waals surface area contributed by atoms with Gasteiger partial charge in [-0.05, 0) is 37.5 Å². The molecule has 0 rings (SSSR count). The molecule has 0 aromatic carbocycles. The van der Waals surface area contributed by atoms with Crippen LogP contribution in [0, 0.1) is 11.8 Å². The molecule has 19 heteroatoms. The average Bonchev–Trinajstić information content (AvgIpc) is 3.35. The van der Waals surface area contributed by atoms with E-state index in [2.05, 4.69) is 41.5 Å². The summed E-state index contributed by atoms with van der Waals surface area (Å²) in [5.41, 5.74) is 0. The van der Waals surface area contributed by atoms with Crippen LogP contribution in [0.1, 0.15) is 375 Å². The minimum atomic E-state index is -4.95. The molecule has 0 aliphatic carbocycles. The van der Waals surface area contributed by atoms with E-state index in [-0.39, 0.29) is 25.7 Å². The lowest BCUT2D eigenvalue weighted by Crippen LogP contribution is -2.30. The van der Waals surface area contributed by atoms with Crippen molar-refractivity contribution < 1.29 is 80.2 Å². The minimum Gasteiger partial charge on any atom is -0.462 e. The number of phosphoric ester groups is 2. The molecule has 17 nitrogen and oxygen atoms in total. The first-order valence-corrected chi connectivity index (χ1v) is 41.1. The van der Waals surface area contributed by atoms with Crippen LogP contribution in [-0.4, -0.2) is 96.7 Å². The predicted octanol–water partition coefficient (Wildman–Crippen LogP) is 21.2. The quantitative estimate of drug-likeness (QED) is 0.0222. The maximum atomic E-state index is 13.1. The summed E-state index contributed by atoms with van der Waals surface area (Å²) in [7, 11) is -9.90. The number of hydrogen-bond donors (Lipinski definition) is 3. The summed E-state index contributed by atoms with van der Waals surface area (Å²) < 4.78 is 68.4. The van der Waals surface area contributed by atoms with Gasteiger partial charge in [-0.25, -0.2) is 9.13 Å². The van der Waals surface area contributed by atoms with Crippen molar-refractivity contribution in [3.63, 3.8) is 0 Å². The van der Waals surface area contributed by atoms with Crippen LogP contribution in [0.5, 0.6) is 0 Å². The number of carbonyl (C=O) groups excluding carboxylic acids is 4. The number of ether oxygens (including phenoxy) is 4. The molecule has 0 aliphatic heterocycles. The smallest absolute Gasteiger partial charge is 0.462 e. The molecule has 0 radical (unpaired) electrons. The number of aliphatic hydroxyl groups excluding tert-OH is 1. The molecule has 0 saturated carbocycles. The van der Waals surface area contributed by atoms with Crippen molar-refractivity contribution in [2.45, 2.75) is 394 Å². The largest absolute Gasteiger partial charge is 0.472 e. The van der Waals surface area contributed by atoms with Gasteiger partial charge in [0.2, 0.25) is 0 Å². The number of hydrogen-bond acceptors (Lipinski definition) is 15. The molecule has 0 bridgehead atoms. The van der Waals surface area contributed by atoms with Gasteiger partial charge in [-0.15, -0.1) is 0 Å². The Kier molecular flexibility index (Phi) is 63.7. The third-order valence-electron chi connectivity index (χ3n) is 17.7. The Balaban J connectivity index is 5.23. The Morgan fingerprint density at radius 2 is 0.522 bits per heavy atom. The Morgan fingerprint density at radius 1 is 0.304 bits per heavy atom. The summed E-state index contributed by atoms with van der Waals surface area (Å²) >= 11 is 0. The molecule has 0 aromatic heterocycles. The molecule has 3 N–H and O–H groups in total. The molecule has 0 saturated heterocycles. The second-order valence-corrected chi connectivity index (χ2v) is 29.7. The third-order valence-corrected chi connectivity index (χ3v) is 19.6. The van der Waals surface area contributed by atoms with Gasteiger partial charge in [-0.2, -0.15) is 0 Å². The Morgan fingerprint density at radius 3 is 0.772 bits per heavy atom. The van der Waals surface area contributed by atoms with Crippen LogP contribution in [0.4, 0.5) is 0 Å². The molecule has 0 spiro atoms. The molecule has 0 aromatic rings. The summed E-state index contributed by atoms with van der Waals surface area (Å²) in [6.07, 6.45) is 51.1. The summed E-state index contributed by atoms with van der Waals surface area (Å²) in [5.74, 6) is -0.505. The summed E-state index contributed by atoms with van der Waals surface area (Å²) in [6, 6.07) is 0. The van der Waals surface area contributed by atoms with Gasteiger partial charge in [0.05, 0.1) is 26.4 Å². The number of rotatable bonds is 72. The fourth-order valence-corrected chi connectivity index (χ4v) is 12.6. The van der Waals surface area contributed by atoms with Crippen LogP contribution >= 0.6 is 15.6 Å². The van der Waals surface area contributed by atoms with E-state index in [0.717, 1.165) is 102 Å². The van der Waals surface area contributed by atoms with Crippen LogP contribution in [0.25, 0.3) is 0 Å². The summed E-state index contributed by atoms with van der Waals surface area (Å²) in [5, 5.41) is 10.6. The zero-order valence-corrected chi connectivity index (χ0v) is 61.6. The maximum absolute atomic E-state index is 13.1. The lowest BCUT2D eigenvalue weighted by Gasteiger charge is -2.21. The molecule has 0 amide bonds. The van der Waals surface area contributed by atoms with E-state index in [1.54, 1.807) is 0 Å². The van der Waals surface area contributed by atoms with Crippen molar-refractivity contribution in [2.75, 3.05) is 39.6 Å². The average molecular weight is 1350 g/mol. The first-order valence-electron chi connectivity index (χ1n) is 38.1. The molecular weight excluding hydrogens is 1210 g/mol. The van der Waals surface area contributed by atoms with Crippen LogP contribution in [-0.2, 0) is 65.4 Å². The minimum absolute atomic E-state index is 0.105. The second-order valence-electron chi connectivity index (χ2n) is 26.8. The second kappa shape index (κ2) is 65.0. The zero-order valence-electron chi connectivity index (χ0n) is 59.9. The van der Waals surface area contributed by atoms with Gasteiger partial charge in [-0.1, -0.05) is 324 Å². The van der Waals surface area contributed by atoms with E-state index in [9.17, 15) is 43.2 Å². The molecule has 0 heterocycles. The van der Waals surface area contributed by atoms with E-state index in [4.69, 9.17) is 37.0 Å². The maximum Gasteiger partial charge on any atom is 0.472 e. The van der Waals surface area contributed by atoms with Gasteiger partial charge in [0.1, 0.15) is 19.3 Å². The van der Waals surface area contributed by atoms with Crippen LogP contribution < -0.4 is 0 Å². The molecule has 546 valence electrons. The first kappa shape index (κ1) is 90.1. The van der Waals surface area contributed by atoms with Crippen LogP contribution in [0.15, 0.2) is 0 Å². The lowest BCUT2D eigenvalue weighted by atomic mass is 9.99. The summed E-state index contributed by atoms with van der Waals surface area (Å²) in [6.45, 7) is 9.61. The van der Waals surface area contributed by atoms with Crippen molar-refractivity contribution in [1.82, 2.24) is 0 Å². The van der Waals surface area contributed by atoms with Gasteiger partial charge >= 0.3 is 39.5 Å². The monoisotopic (exact) mass is 1350 g/mol. The van der Waals surface area contributed by atoms with E-state index >= 15 is 0 Å². The van der Waals surface area contributed by atoms with Crippen molar-refractivity contribution in [3.8, 4) is 0 Å². The topological polar surface area (TPSA) is 237 Å². The highest BCUT2D eigenvalue weighted by molar-refractivity contribution is 7.47. The number of esters is 4. The Bertz CT molecular complexity index is 1790. The highest BCUT2D eigenvalue weighted by Gasteiger charge is 2.30. The highest BCUT2D eigenvalue weighted by atomic mass is 31.2. The number of unbranched alkanes of at least 4 members (excludes halogenated alkanes) is 40. The number of aliphatic hydroxyl groups is 1. The Labute approximate surface area is 562 Å². The van der Waals surface area contributed by atoms with Crippen molar-refractivity contribution >= 4 is 39.5 Å². The molecule has 7 atom stereocenters. The fourth-order valence-electron chi connectivity index (χ4n) is 11.1. The van der Waals surface area contributed by atoms with Gasteiger partial charge in [-0.3, -0.25) is 37.3 Å². The SMILES string of the molecule is CCCCCCCCCCCCCCCC(=O)OC[C@H](COP(=O)(O)OC[C@@H](O)COP(=O)(O)OC[C@@H](COC(=O)CCCCCCCCCCC)OC(=O)CCCCCCCCCCC(C)CC)OC(=O)CCCCCCCCCCCCCCCCC(C)CC. The van der Waals surface area contributed by atoms with Crippen molar-refractivity contribution in [2.24, 2.45) is 11.8 Å². The first-order chi connectivity index (χ1) is 44.4. The molecule has 0 fully saturated rings. The third kappa shape index (κ3) is 64.1. The number of phosphoric acid groups is 2. The standard InChI is InChI=1S/C73H142O17P2/c1-7-11-13-15-17-19-20-23-27-31-38-44-50-56-71(76)84-62-68(89-72(77)57-51-45-39-32-28-25-22-21-24-26-30-35-41-47-53-65(5)9-3)63-87-91(79,80)85-59-67(74)60-86-92(81,82)88-64-69(61-83-70(75)55-49-43-37-29-18-16-14-12-8-2)90-73(78)58-52-46-40-34-33-36-42-48-54-66(6)10-4/h65-69,74H,7-64H2,1-6H3,(H,79,80)(H,81,82)/t65?,66?,67-,68-,69-/m1/s1. The van der Waals surface area contributed by atoms with E-state index in [1.807, 2.05) is 0 Å². The molecule has 92 heavy (non-hydrogen) atoms. The molecular formula is C73H142O17P2. The Hall–Kier alpha value is -1.94. The van der Waals surface area contributed by atoms with Crippen molar-refractivity contribution in [1.29, 1.82) is 0 Å². The normalized spacial score (nSPS) is 14.7. The molecule has 4 unspecified atom stereocenters. The van der Waals surface area contributed by atoms with Gasteiger partial charge in [0, 0.05) is 25.7 Å². The predicted molar refractivity (Wildman–Crippen MR) is 372 cm³/mol. The number of carbonyl (C=O) groups is 4. The highest BCUT2D eigenvalue weighted by Crippen LogP contribution is 2.45. The lowest BCUT2D eigenvalue weighted by molar-refractivity contribution is -0.161.